The number of carbonyl (C=O) groups excluding carboxylic acids is 1. The third kappa shape index (κ3) is 2.34. The molecule has 1 atom stereocenters. The molecule has 17 heavy (non-hydrogen) atoms. The zero-order valence-corrected chi connectivity index (χ0v) is 10.6. The van der Waals surface area contributed by atoms with Crippen molar-refractivity contribution in [3.05, 3.63) is 29.8 Å². The van der Waals surface area contributed by atoms with Crippen LogP contribution in [0.1, 0.15) is 26.3 Å². The fourth-order valence-electron chi connectivity index (χ4n) is 1.96. The second kappa shape index (κ2) is 4.15. The van der Waals surface area contributed by atoms with Gasteiger partial charge in [0.1, 0.15) is 0 Å². The molecule has 0 fully saturated rings. The van der Waals surface area contributed by atoms with Crippen LogP contribution in [0, 0.1) is 5.41 Å². The van der Waals surface area contributed by atoms with Crippen molar-refractivity contribution in [1.82, 2.24) is 0 Å². The van der Waals surface area contributed by atoms with Gasteiger partial charge in [0, 0.05) is 5.69 Å². The summed E-state index contributed by atoms with van der Waals surface area (Å²) in [5.41, 5.74) is 1.79. The van der Waals surface area contributed by atoms with Crippen LogP contribution in [-0.2, 0) is 11.2 Å². The van der Waals surface area contributed by atoms with E-state index in [4.69, 9.17) is 0 Å². The molecule has 1 aliphatic rings. The maximum Gasteiger partial charge on any atom is 0.231 e. The number of β-amino-alcohol motifs (C(OH)–C–C–N with tert-alkyl or cyclic N) is 1. The van der Waals surface area contributed by atoms with Crippen molar-refractivity contribution in [2.45, 2.75) is 33.3 Å². The minimum atomic E-state index is -0.516. The maximum atomic E-state index is 11.9. The summed E-state index contributed by atoms with van der Waals surface area (Å²) in [6.07, 6.45) is -0.0647. The molecule has 1 aromatic rings. The van der Waals surface area contributed by atoms with E-state index in [9.17, 15) is 9.90 Å². The summed E-state index contributed by atoms with van der Waals surface area (Å²) in [5, 5.41) is 10.1. The van der Waals surface area contributed by atoms with Gasteiger partial charge in [0.15, 0.2) is 0 Å². The van der Waals surface area contributed by atoms with Crippen molar-refractivity contribution in [3.8, 4) is 0 Å². The van der Waals surface area contributed by atoms with Gasteiger partial charge in [-0.1, -0.05) is 39.0 Å². The van der Waals surface area contributed by atoms with Crippen molar-refractivity contribution >= 4 is 11.6 Å². The summed E-state index contributed by atoms with van der Waals surface area (Å²) >= 11 is 0. The van der Waals surface area contributed by atoms with Crippen LogP contribution in [0.3, 0.4) is 0 Å². The average Bonchev–Trinajstić information content (AvgIpc) is 2.54. The molecule has 0 spiro atoms. The first-order chi connectivity index (χ1) is 7.89. The van der Waals surface area contributed by atoms with E-state index >= 15 is 0 Å². The smallest absolute Gasteiger partial charge is 0.231 e. The van der Waals surface area contributed by atoms with Gasteiger partial charge in [0.05, 0.1) is 19.1 Å². The van der Waals surface area contributed by atoms with Crippen LogP contribution in [0.25, 0.3) is 0 Å². The Balaban J connectivity index is 2.20. The Kier molecular flexibility index (Phi) is 2.96. The number of hydrogen-bond donors (Lipinski definition) is 1. The highest BCUT2D eigenvalue weighted by Crippen LogP contribution is 2.30. The fraction of sp³-hybridized carbons (Fsp3) is 0.500. The standard InChI is InChI=1S/C14H19NO2/c1-14(2,3)12(16)9-15-11-7-5-4-6-10(11)8-13(15)17/h4-7,12,16H,8-9H2,1-3H3. The number of anilines is 1. The molecule has 0 radical (unpaired) electrons. The SMILES string of the molecule is CC(C)(C)C(O)CN1C(=O)Cc2ccccc21. The largest absolute Gasteiger partial charge is 0.391 e. The molecule has 92 valence electrons. The molecule has 0 bridgehead atoms. The van der Waals surface area contributed by atoms with Gasteiger partial charge < -0.3 is 10.0 Å². The van der Waals surface area contributed by atoms with Gasteiger partial charge in [-0.2, -0.15) is 0 Å². The van der Waals surface area contributed by atoms with Crippen LogP contribution in [0.2, 0.25) is 0 Å². The molecule has 1 unspecified atom stereocenters. The Labute approximate surface area is 102 Å². The number of nitrogens with zero attached hydrogens (tertiary/aromatic N) is 1. The Morgan fingerprint density at radius 3 is 2.65 bits per heavy atom. The highest BCUT2D eigenvalue weighted by Gasteiger charge is 2.32. The molecule has 1 aromatic carbocycles. The summed E-state index contributed by atoms with van der Waals surface area (Å²) in [6.45, 7) is 6.30. The van der Waals surface area contributed by atoms with Gasteiger partial charge in [-0.3, -0.25) is 4.79 Å². The Morgan fingerprint density at radius 1 is 1.35 bits per heavy atom. The number of amides is 1. The van der Waals surface area contributed by atoms with Crippen LogP contribution in [0.4, 0.5) is 5.69 Å². The summed E-state index contributed by atoms with van der Waals surface area (Å²) in [7, 11) is 0. The molecule has 3 nitrogen and oxygen atoms in total. The molecule has 2 rings (SSSR count). The summed E-state index contributed by atoms with van der Waals surface area (Å²) in [6, 6.07) is 7.77. The van der Waals surface area contributed by atoms with Gasteiger partial charge in [0.25, 0.3) is 0 Å². The lowest BCUT2D eigenvalue weighted by Gasteiger charge is -2.30. The Morgan fingerprint density at radius 2 is 2.00 bits per heavy atom. The number of para-hydroxylation sites is 1. The average molecular weight is 233 g/mol. The van der Waals surface area contributed by atoms with Crippen molar-refractivity contribution in [3.63, 3.8) is 0 Å². The molecular formula is C14H19NO2. The number of hydrogen-bond acceptors (Lipinski definition) is 2. The second-order valence-corrected chi connectivity index (χ2v) is 5.69. The van der Waals surface area contributed by atoms with Gasteiger partial charge >= 0.3 is 0 Å². The van der Waals surface area contributed by atoms with Crippen molar-refractivity contribution in [2.75, 3.05) is 11.4 Å². The molecule has 1 N–H and O–H groups in total. The zero-order chi connectivity index (χ0) is 12.6. The molecular weight excluding hydrogens is 214 g/mol. The highest BCUT2D eigenvalue weighted by molar-refractivity contribution is 6.01. The summed E-state index contributed by atoms with van der Waals surface area (Å²) in [4.78, 5) is 13.6. The lowest BCUT2D eigenvalue weighted by atomic mass is 9.89. The number of rotatable bonds is 2. The van der Waals surface area contributed by atoms with E-state index in [1.54, 1.807) is 4.90 Å². The number of carbonyl (C=O) groups is 1. The predicted octanol–water partition coefficient (Wildman–Crippen LogP) is 1.98. The number of aliphatic hydroxyl groups is 1. The number of benzene rings is 1. The predicted molar refractivity (Wildman–Crippen MR) is 68.0 cm³/mol. The lowest BCUT2D eigenvalue weighted by molar-refractivity contribution is -0.117. The van der Waals surface area contributed by atoms with Crippen molar-refractivity contribution < 1.29 is 9.90 Å². The molecule has 1 aliphatic heterocycles. The van der Waals surface area contributed by atoms with Crippen LogP contribution in [-0.4, -0.2) is 23.7 Å². The van der Waals surface area contributed by atoms with Gasteiger partial charge in [-0.05, 0) is 17.0 Å². The van der Waals surface area contributed by atoms with Crippen molar-refractivity contribution in [2.24, 2.45) is 5.41 Å². The monoisotopic (exact) mass is 233 g/mol. The lowest BCUT2D eigenvalue weighted by Crippen LogP contribution is -2.41. The highest BCUT2D eigenvalue weighted by atomic mass is 16.3. The first-order valence-electron chi connectivity index (χ1n) is 5.96. The van der Waals surface area contributed by atoms with E-state index in [0.717, 1.165) is 11.3 Å². The molecule has 0 saturated carbocycles. The molecule has 0 aromatic heterocycles. The minimum Gasteiger partial charge on any atom is -0.391 e. The van der Waals surface area contributed by atoms with Crippen LogP contribution in [0.15, 0.2) is 24.3 Å². The quantitative estimate of drug-likeness (QED) is 0.848. The zero-order valence-electron chi connectivity index (χ0n) is 10.6. The van der Waals surface area contributed by atoms with Crippen molar-refractivity contribution in [1.29, 1.82) is 0 Å². The van der Waals surface area contributed by atoms with Gasteiger partial charge in [0.2, 0.25) is 5.91 Å². The minimum absolute atomic E-state index is 0.0782. The summed E-state index contributed by atoms with van der Waals surface area (Å²) < 4.78 is 0. The van der Waals surface area contributed by atoms with Gasteiger partial charge in [-0.15, -0.1) is 0 Å². The third-order valence-corrected chi connectivity index (χ3v) is 3.28. The third-order valence-electron chi connectivity index (χ3n) is 3.28. The molecule has 1 amide bonds. The van der Waals surface area contributed by atoms with E-state index in [-0.39, 0.29) is 11.3 Å². The second-order valence-electron chi connectivity index (χ2n) is 5.69. The van der Waals surface area contributed by atoms with E-state index < -0.39 is 6.10 Å². The fourth-order valence-corrected chi connectivity index (χ4v) is 1.96. The first-order valence-corrected chi connectivity index (χ1v) is 5.96. The van der Waals surface area contributed by atoms with E-state index in [0.29, 0.717) is 13.0 Å². The number of fused-ring (bicyclic) bond motifs is 1. The number of aliphatic hydroxyl groups excluding tert-OH is 1. The van der Waals surface area contributed by atoms with E-state index in [2.05, 4.69) is 0 Å². The first kappa shape index (κ1) is 12.1. The van der Waals surface area contributed by atoms with Crippen LogP contribution in [0.5, 0.6) is 0 Å². The van der Waals surface area contributed by atoms with Gasteiger partial charge in [-0.25, -0.2) is 0 Å². The Hall–Kier alpha value is -1.35. The summed E-state index contributed by atoms with van der Waals surface area (Å²) in [5.74, 6) is 0.0782. The Bertz CT molecular complexity index is 434. The molecule has 3 heteroatoms. The normalized spacial score (nSPS) is 17.2. The molecule has 0 saturated heterocycles. The molecule has 0 aliphatic carbocycles. The van der Waals surface area contributed by atoms with Crippen LogP contribution < -0.4 is 4.90 Å². The molecule has 1 heterocycles. The van der Waals surface area contributed by atoms with E-state index in [1.807, 2.05) is 45.0 Å². The maximum absolute atomic E-state index is 11.9. The van der Waals surface area contributed by atoms with Crippen LogP contribution >= 0.6 is 0 Å². The van der Waals surface area contributed by atoms with E-state index in [1.165, 1.54) is 0 Å². The topological polar surface area (TPSA) is 40.5 Å².